The highest BCUT2D eigenvalue weighted by molar-refractivity contribution is 9.10. The van der Waals surface area contributed by atoms with E-state index >= 15 is 0 Å². The molecule has 1 aromatic carbocycles. The fourth-order valence-corrected chi connectivity index (χ4v) is 1.66. The largest absolute Gasteiger partial charge is 0.398 e. The molecule has 7 heteroatoms. The van der Waals surface area contributed by atoms with E-state index in [1.54, 1.807) is 36.3 Å². The molecule has 6 nitrogen and oxygen atoms in total. The summed E-state index contributed by atoms with van der Waals surface area (Å²) in [5, 5.41) is 6.79. The zero-order chi connectivity index (χ0) is 13.1. The maximum Gasteiger partial charge on any atom is 0.251 e. The average Bonchev–Trinajstić information content (AvgIpc) is 2.75. The van der Waals surface area contributed by atoms with Gasteiger partial charge in [0, 0.05) is 22.8 Å². The zero-order valence-electron chi connectivity index (χ0n) is 9.72. The molecule has 94 valence electrons. The smallest absolute Gasteiger partial charge is 0.251 e. The topological polar surface area (TPSA) is 85.8 Å². The molecule has 0 aliphatic carbocycles. The van der Waals surface area contributed by atoms with Crippen molar-refractivity contribution >= 4 is 27.5 Å². The van der Waals surface area contributed by atoms with E-state index in [2.05, 4.69) is 31.3 Å². The summed E-state index contributed by atoms with van der Waals surface area (Å²) in [5.74, 6) is 0.359. The number of anilines is 1. The van der Waals surface area contributed by atoms with Gasteiger partial charge in [0.1, 0.15) is 6.33 Å². The van der Waals surface area contributed by atoms with Crippen LogP contribution in [0.5, 0.6) is 0 Å². The summed E-state index contributed by atoms with van der Waals surface area (Å²) in [4.78, 5) is 15.9. The number of nitrogens with two attached hydrogens (primary N) is 1. The van der Waals surface area contributed by atoms with Crippen molar-refractivity contribution in [3.05, 3.63) is 40.4 Å². The summed E-state index contributed by atoms with van der Waals surface area (Å²) < 4.78 is 2.35. The molecule has 0 saturated carbocycles. The first kappa shape index (κ1) is 12.6. The highest BCUT2D eigenvalue weighted by Gasteiger charge is 2.08. The Labute approximate surface area is 112 Å². The van der Waals surface area contributed by atoms with Gasteiger partial charge in [0.05, 0.1) is 6.54 Å². The fraction of sp³-hybridized carbons (Fsp3) is 0.182. The highest BCUT2D eigenvalue weighted by atomic mass is 79.9. The number of nitrogen functional groups attached to an aromatic ring is 1. The van der Waals surface area contributed by atoms with Crippen molar-refractivity contribution in [1.29, 1.82) is 0 Å². The van der Waals surface area contributed by atoms with Crippen LogP contribution >= 0.6 is 15.9 Å². The number of carbonyl (C=O) groups is 1. The first-order valence-electron chi connectivity index (χ1n) is 5.24. The van der Waals surface area contributed by atoms with E-state index in [0.717, 1.165) is 4.47 Å². The lowest BCUT2D eigenvalue weighted by Gasteiger charge is -2.04. The Hall–Kier alpha value is -1.89. The summed E-state index contributed by atoms with van der Waals surface area (Å²) in [7, 11) is 1.77. The van der Waals surface area contributed by atoms with Crippen LogP contribution in [-0.2, 0) is 13.6 Å². The van der Waals surface area contributed by atoms with Crippen LogP contribution in [0.25, 0.3) is 0 Å². The SMILES string of the molecule is Cn1cnc(CNC(=O)c2ccc(Br)c(N)c2)n1. The van der Waals surface area contributed by atoms with E-state index < -0.39 is 0 Å². The van der Waals surface area contributed by atoms with Crippen LogP contribution < -0.4 is 11.1 Å². The molecule has 1 amide bonds. The van der Waals surface area contributed by atoms with Crippen molar-refractivity contribution in [2.24, 2.45) is 7.05 Å². The van der Waals surface area contributed by atoms with Gasteiger partial charge in [-0.15, -0.1) is 0 Å². The van der Waals surface area contributed by atoms with Gasteiger partial charge in [-0.2, -0.15) is 5.10 Å². The normalized spacial score (nSPS) is 10.3. The van der Waals surface area contributed by atoms with Gasteiger partial charge < -0.3 is 11.1 Å². The summed E-state index contributed by atoms with van der Waals surface area (Å²) >= 11 is 3.28. The molecule has 0 saturated heterocycles. The van der Waals surface area contributed by atoms with Crippen molar-refractivity contribution in [3.8, 4) is 0 Å². The lowest BCUT2D eigenvalue weighted by atomic mass is 10.2. The Morgan fingerprint density at radius 2 is 2.33 bits per heavy atom. The molecular weight excluding hydrogens is 298 g/mol. The number of halogens is 1. The van der Waals surface area contributed by atoms with E-state index in [0.29, 0.717) is 17.1 Å². The number of aryl methyl sites for hydroxylation is 1. The molecule has 3 N–H and O–H groups in total. The van der Waals surface area contributed by atoms with Crippen molar-refractivity contribution in [2.75, 3.05) is 5.73 Å². The number of aromatic nitrogens is 3. The summed E-state index contributed by atoms with van der Waals surface area (Å²) in [6.45, 7) is 0.287. The van der Waals surface area contributed by atoms with Gasteiger partial charge in [0.15, 0.2) is 5.82 Å². The molecule has 0 atom stereocenters. The summed E-state index contributed by atoms with van der Waals surface area (Å²) in [5.41, 5.74) is 6.75. The molecule has 0 radical (unpaired) electrons. The third-order valence-corrected chi connectivity index (χ3v) is 3.03. The minimum atomic E-state index is -0.207. The number of amides is 1. The Kier molecular flexibility index (Phi) is 3.61. The van der Waals surface area contributed by atoms with Crippen molar-refractivity contribution < 1.29 is 4.79 Å². The number of nitrogens with zero attached hydrogens (tertiary/aromatic N) is 3. The Bertz CT molecular complexity index is 581. The Morgan fingerprint density at radius 3 is 2.94 bits per heavy atom. The number of hydrogen-bond acceptors (Lipinski definition) is 4. The van der Waals surface area contributed by atoms with Crippen LogP contribution in [0, 0.1) is 0 Å². The van der Waals surface area contributed by atoms with Gasteiger partial charge in [-0.05, 0) is 34.1 Å². The minimum absolute atomic E-state index is 0.207. The number of carbonyl (C=O) groups excluding carboxylic acids is 1. The molecule has 0 bridgehead atoms. The van der Waals surface area contributed by atoms with Crippen LogP contribution in [0.1, 0.15) is 16.2 Å². The molecule has 0 fully saturated rings. The maximum atomic E-state index is 11.8. The summed E-state index contributed by atoms with van der Waals surface area (Å²) in [6, 6.07) is 5.05. The minimum Gasteiger partial charge on any atom is -0.398 e. The maximum absolute atomic E-state index is 11.8. The predicted molar refractivity (Wildman–Crippen MR) is 70.7 cm³/mol. The number of benzene rings is 1. The third kappa shape index (κ3) is 2.86. The van der Waals surface area contributed by atoms with Crippen LogP contribution in [0.3, 0.4) is 0 Å². The molecule has 2 rings (SSSR count). The van der Waals surface area contributed by atoms with Crippen molar-refractivity contribution in [3.63, 3.8) is 0 Å². The Morgan fingerprint density at radius 1 is 1.56 bits per heavy atom. The monoisotopic (exact) mass is 309 g/mol. The van der Waals surface area contributed by atoms with E-state index in [9.17, 15) is 4.79 Å². The quantitative estimate of drug-likeness (QED) is 0.831. The van der Waals surface area contributed by atoms with Crippen molar-refractivity contribution in [2.45, 2.75) is 6.54 Å². The number of nitrogens with one attached hydrogen (secondary N) is 1. The van der Waals surface area contributed by atoms with Crippen LogP contribution in [0.4, 0.5) is 5.69 Å². The molecule has 18 heavy (non-hydrogen) atoms. The van der Waals surface area contributed by atoms with Gasteiger partial charge in [-0.25, -0.2) is 4.98 Å². The van der Waals surface area contributed by atoms with E-state index in [-0.39, 0.29) is 12.5 Å². The lowest BCUT2D eigenvalue weighted by Crippen LogP contribution is -2.23. The second kappa shape index (κ2) is 5.18. The first-order chi connectivity index (χ1) is 8.56. The third-order valence-electron chi connectivity index (χ3n) is 2.31. The number of rotatable bonds is 3. The average molecular weight is 310 g/mol. The zero-order valence-corrected chi connectivity index (χ0v) is 11.3. The predicted octanol–water partition coefficient (Wildman–Crippen LogP) is 1.09. The molecule has 0 spiro atoms. The van der Waals surface area contributed by atoms with Crippen LogP contribution in [-0.4, -0.2) is 20.7 Å². The molecular formula is C11H12BrN5O. The van der Waals surface area contributed by atoms with E-state index in [1.165, 1.54) is 0 Å². The standard InChI is InChI=1S/C11H12BrN5O/c1-17-6-15-10(16-17)5-14-11(18)7-2-3-8(12)9(13)4-7/h2-4,6H,5,13H2,1H3,(H,14,18). The molecule has 0 aliphatic rings. The second-order valence-corrected chi connectivity index (χ2v) is 4.61. The Balaban J connectivity index is 2.01. The van der Waals surface area contributed by atoms with Gasteiger partial charge in [0.2, 0.25) is 0 Å². The van der Waals surface area contributed by atoms with Gasteiger partial charge in [-0.3, -0.25) is 9.48 Å². The molecule has 2 aromatic rings. The fourth-order valence-electron chi connectivity index (χ4n) is 1.41. The molecule has 0 aliphatic heterocycles. The number of hydrogen-bond donors (Lipinski definition) is 2. The van der Waals surface area contributed by atoms with Gasteiger partial charge in [0.25, 0.3) is 5.91 Å². The van der Waals surface area contributed by atoms with Gasteiger partial charge in [-0.1, -0.05) is 0 Å². The molecule has 1 aromatic heterocycles. The molecule has 0 unspecified atom stereocenters. The van der Waals surface area contributed by atoms with Crippen LogP contribution in [0.2, 0.25) is 0 Å². The molecule has 1 heterocycles. The van der Waals surface area contributed by atoms with Crippen LogP contribution in [0.15, 0.2) is 29.0 Å². The summed E-state index contributed by atoms with van der Waals surface area (Å²) in [6.07, 6.45) is 1.58. The van der Waals surface area contributed by atoms with Crippen molar-refractivity contribution in [1.82, 2.24) is 20.1 Å². The highest BCUT2D eigenvalue weighted by Crippen LogP contribution is 2.20. The van der Waals surface area contributed by atoms with E-state index in [1.807, 2.05) is 0 Å². The van der Waals surface area contributed by atoms with E-state index in [4.69, 9.17) is 5.73 Å². The second-order valence-electron chi connectivity index (χ2n) is 3.75. The van der Waals surface area contributed by atoms with Gasteiger partial charge >= 0.3 is 0 Å². The first-order valence-corrected chi connectivity index (χ1v) is 6.03. The lowest BCUT2D eigenvalue weighted by molar-refractivity contribution is 0.0950.